The van der Waals surface area contributed by atoms with Crippen molar-refractivity contribution < 1.29 is 43.5 Å². The standard InChI is InChI=1S/C44H60N6O9S/c1-27(56-7)38-30(10-8-16-45-38)39-32(24-44(5,6)26-51)31-22-28(12-13-36(31)49(39)18-21-58-29-14-19-57-20-15-29)35-25-60-37(46-35)23-34(47-42(55)59-43(2,3)4)40(52)50-17-9-11-33(48-50)41(53)54/h8,10,12-13,16,22,25,27,29,33-34,48,51H,9,11,14-15,17-21,23-24,26H2,1-7H3,(H,47,55)(H,53,54)/t27-,33-,34-/m0/s1. The quantitative estimate of drug-likeness (QED) is 0.0987. The second kappa shape index (κ2) is 19.5. The first kappa shape index (κ1) is 45.1. The van der Waals surface area contributed by atoms with E-state index in [2.05, 4.69) is 47.4 Å². The number of carbonyl (C=O) groups is 3. The van der Waals surface area contributed by atoms with Gasteiger partial charge in [-0.15, -0.1) is 11.3 Å². The number of nitrogens with zero attached hydrogens (tertiary/aromatic N) is 4. The molecule has 2 saturated heterocycles. The Hall–Kier alpha value is -4.45. The lowest BCUT2D eigenvalue weighted by Crippen LogP contribution is -2.60. The fourth-order valence-electron chi connectivity index (χ4n) is 7.72. The number of hydrazine groups is 1. The highest BCUT2D eigenvalue weighted by Gasteiger charge is 2.34. The highest BCUT2D eigenvalue weighted by atomic mass is 32.1. The SMILES string of the molecule is CO[C@@H](C)c1ncccc1-c1c(CC(C)(C)CO)c2cc(-c3csc(C[C@H](NC(=O)OC(C)(C)C)C(=O)N4CCC[C@@H](C(=O)O)N4)n3)ccc2n1CCOC1CCOCC1. The van der Waals surface area contributed by atoms with Gasteiger partial charge in [-0.25, -0.2) is 15.2 Å². The number of rotatable bonds is 16. The number of aliphatic carboxylic acids is 1. The summed E-state index contributed by atoms with van der Waals surface area (Å²) in [6.45, 7) is 14.0. The summed E-state index contributed by atoms with van der Waals surface area (Å²) >= 11 is 1.37. The average molecular weight is 849 g/mol. The normalized spacial score (nSPS) is 17.7. The van der Waals surface area contributed by atoms with Crippen LogP contribution in [0.3, 0.4) is 0 Å². The van der Waals surface area contributed by atoms with Gasteiger partial charge in [-0.05, 0) is 95.0 Å². The van der Waals surface area contributed by atoms with Crippen molar-refractivity contribution in [3.05, 3.63) is 58.2 Å². The lowest BCUT2D eigenvalue weighted by molar-refractivity contribution is -0.147. The zero-order valence-electron chi connectivity index (χ0n) is 35.8. The number of fused-ring (bicyclic) bond motifs is 1. The van der Waals surface area contributed by atoms with Crippen LogP contribution >= 0.6 is 11.3 Å². The van der Waals surface area contributed by atoms with Gasteiger partial charge in [0, 0.05) is 80.0 Å². The van der Waals surface area contributed by atoms with Crippen molar-refractivity contribution in [2.24, 2.45) is 5.41 Å². The van der Waals surface area contributed by atoms with E-state index in [9.17, 15) is 24.6 Å². The van der Waals surface area contributed by atoms with E-state index in [1.165, 1.54) is 16.3 Å². The average Bonchev–Trinajstić information content (AvgIpc) is 3.81. The molecule has 15 nitrogen and oxygen atoms in total. The lowest BCUT2D eigenvalue weighted by atomic mass is 9.84. The number of benzene rings is 1. The number of thiazole rings is 1. The molecule has 1 aromatic carbocycles. The summed E-state index contributed by atoms with van der Waals surface area (Å²) in [4.78, 5) is 48.4. The second-order valence-electron chi connectivity index (χ2n) is 17.4. The van der Waals surface area contributed by atoms with Crippen LogP contribution in [0, 0.1) is 5.41 Å². The number of methoxy groups -OCH3 is 1. The van der Waals surface area contributed by atoms with Gasteiger partial charge < -0.3 is 39.0 Å². The molecule has 5 heterocycles. The first-order chi connectivity index (χ1) is 28.6. The van der Waals surface area contributed by atoms with Crippen LogP contribution in [-0.2, 0) is 47.9 Å². The van der Waals surface area contributed by atoms with Crippen LogP contribution in [0.15, 0.2) is 41.9 Å². The maximum atomic E-state index is 13.9. The van der Waals surface area contributed by atoms with Gasteiger partial charge in [-0.2, -0.15) is 0 Å². The van der Waals surface area contributed by atoms with Gasteiger partial charge in [0.25, 0.3) is 5.91 Å². The molecule has 0 spiro atoms. The molecule has 326 valence electrons. The minimum absolute atomic E-state index is 0.0172. The molecule has 0 radical (unpaired) electrons. The fraction of sp³-hybridized carbons (Fsp3) is 0.568. The zero-order chi connectivity index (χ0) is 43.2. The molecule has 16 heteroatoms. The number of carboxylic acids is 1. The molecular weight excluding hydrogens is 789 g/mol. The zero-order valence-corrected chi connectivity index (χ0v) is 36.6. The molecule has 0 saturated carbocycles. The number of amides is 2. The molecule has 0 unspecified atom stereocenters. The Morgan fingerprint density at radius 3 is 2.58 bits per heavy atom. The number of aliphatic hydroxyl groups excluding tert-OH is 1. The number of pyridine rings is 1. The number of aliphatic hydroxyl groups is 1. The molecule has 0 bridgehead atoms. The number of aromatic nitrogens is 3. The summed E-state index contributed by atoms with van der Waals surface area (Å²) < 4.78 is 25.6. The van der Waals surface area contributed by atoms with E-state index in [1.807, 2.05) is 24.4 Å². The molecule has 2 aliphatic heterocycles. The Bertz CT molecular complexity index is 2120. The van der Waals surface area contributed by atoms with Gasteiger partial charge in [0.05, 0.1) is 40.9 Å². The monoisotopic (exact) mass is 848 g/mol. The van der Waals surface area contributed by atoms with Gasteiger partial charge in [0.15, 0.2) is 0 Å². The molecule has 2 aliphatic rings. The van der Waals surface area contributed by atoms with Crippen molar-refractivity contribution in [3.63, 3.8) is 0 Å². The van der Waals surface area contributed by atoms with Crippen LogP contribution in [0.2, 0.25) is 0 Å². The summed E-state index contributed by atoms with van der Waals surface area (Å²) in [5, 5.41) is 27.7. The van der Waals surface area contributed by atoms with Gasteiger partial charge in [0.1, 0.15) is 17.7 Å². The van der Waals surface area contributed by atoms with Crippen molar-refractivity contribution >= 4 is 40.2 Å². The number of alkyl carbamates (subject to hydrolysis) is 1. The van der Waals surface area contributed by atoms with Crippen LogP contribution in [-0.4, -0.2) is 112 Å². The van der Waals surface area contributed by atoms with E-state index in [-0.39, 0.29) is 25.2 Å². The van der Waals surface area contributed by atoms with E-state index in [4.69, 9.17) is 28.9 Å². The van der Waals surface area contributed by atoms with E-state index in [0.717, 1.165) is 51.8 Å². The molecule has 60 heavy (non-hydrogen) atoms. The van der Waals surface area contributed by atoms with E-state index < -0.39 is 41.1 Å². The van der Waals surface area contributed by atoms with E-state index >= 15 is 0 Å². The number of hydrogen-bond donors (Lipinski definition) is 4. The Balaban J connectivity index is 1.39. The summed E-state index contributed by atoms with van der Waals surface area (Å²) in [6.07, 6.45) is 4.10. The second-order valence-corrected chi connectivity index (χ2v) is 18.3. The van der Waals surface area contributed by atoms with Gasteiger partial charge in [0.2, 0.25) is 0 Å². The minimum atomic E-state index is -1.07. The first-order valence-corrected chi connectivity index (χ1v) is 21.6. The third-order valence-corrected chi connectivity index (χ3v) is 11.8. The van der Waals surface area contributed by atoms with Gasteiger partial charge in [-0.3, -0.25) is 19.6 Å². The molecule has 3 atom stereocenters. The van der Waals surface area contributed by atoms with Crippen LogP contribution in [0.25, 0.3) is 33.4 Å². The number of hydrogen-bond acceptors (Lipinski definition) is 12. The minimum Gasteiger partial charge on any atom is -0.480 e. The van der Waals surface area contributed by atoms with Crippen molar-refractivity contribution in [2.45, 2.75) is 117 Å². The Kier molecular flexibility index (Phi) is 14.7. The summed E-state index contributed by atoms with van der Waals surface area (Å²) in [5.74, 6) is -1.53. The summed E-state index contributed by atoms with van der Waals surface area (Å²) in [7, 11) is 1.68. The maximum Gasteiger partial charge on any atom is 0.408 e. The van der Waals surface area contributed by atoms with E-state index in [0.29, 0.717) is 62.9 Å². The number of carboxylic acid groups (broad SMARTS) is 1. The molecule has 4 aromatic rings. The van der Waals surface area contributed by atoms with Crippen molar-refractivity contribution in [2.75, 3.05) is 40.1 Å². The molecular formula is C44H60N6O9S. The van der Waals surface area contributed by atoms with Crippen LogP contribution in [0.4, 0.5) is 4.79 Å². The molecule has 4 N–H and O–H groups in total. The summed E-state index contributed by atoms with van der Waals surface area (Å²) in [6, 6.07) is 8.30. The van der Waals surface area contributed by atoms with E-state index in [1.54, 1.807) is 34.1 Å². The maximum absolute atomic E-state index is 13.9. The third kappa shape index (κ3) is 11.1. The van der Waals surface area contributed by atoms with Gasteiger partial charge in [-0.1, -0.05) is 19.9 Å². The molecule has 2 amide bonds. The predicted molar refractivity (Wildman–Crippen MR) is 228 cm³/mol. The first-order valence-electron chi connectivity index (χ1n) is 20.8. The lowest BCUT2D eigenvalue weighted by Gasteiger charge is -2.34. The molecule has 2 fully saturated rings. The third-order valence-electron chi connectivity index (χ3n) is 10.9. The largest absolute Gasteiger partial charge is 0.480 e. The fourth-order valence-corrected chi connectivity index (χ4v) is 8.57. The predicted octanol–water partition coefficient (Wildman–Crippen LogP) is 6.31. The highest BCUT2D eigenvalue weighted by molar-refractivity contribution is 7.10. The van der Waals surface area contributed by atoms with Crippen molar-refractivity contribution in [1.82, 2.24) is 30.3 Å². The summed E-state index contributed by atoms with van der Waals surface area (Å²) in [5.41, 5.74) is 7.92. The highest BCUT2D eigenvalue weighted by Crippen LogP contribution is 2.42. The topological polar surface area (TPSA) is 187 Å². The number of carbonyl (C=O) groups excluding carboxylic acids is 2. The van der Waals surface area contributed by atoms with Gasteiger partial charge >= 0.3 is 12.1 Å². The smallest absolute Gasteiger partial charge is 0.408 e. The Labute approximate surface area is 355 Å². The van der Waals surface area contributed by atoms with Crippen molar-refractivity contribution in [1.29, 1.82) is 0 Å². The Morgan fingerprint density at radius 2 is 1.88 bits per heavy atom. The van der Waals surface area contributed by atoms with Crippen LogP contribution in [0.5, 0.6) is 0 Å². The number of nitrogens with one attached hydrogen (secondary N) is 2. The molecule has 6 rings (SSSR count). The number of ether oxygens (including phenoxy) is 4. The van der Waals surface area contributed by atoms with Crippen molar-refractivity contribution in [3.8, 4) is 22.5 Å². The van der Waals surface area contributed by atoms with Crippen LogP contribution in [0.1, 0.15) is 89.6 Å². The molecule has 0 aliphatic carbocycles. The molecule has 3 aromatic heterocycles. The van der Waals surface area contributed by atoms with Crippen LogP contribution < -0.4 is 10.7 Å². The Morgan fingerprint density at radius 1 is 1.12 bits per heavy atom.